The second-order valence-electron chi connectivity index (χ2n) is 15.0. The molecule has 22 heteroatoms. The van der Waals surface area contributed by atoms with Gasteiger partial charge in [0.05, 0.1) is 51.5 Å². The fourth-order valence-electron chi connectivity index (χ4n) is 7.20. The number of esters is 1. The molecular weight excluding hydrogens is 940 g/mol. The van der Waals surface area contributed by atoms with Gasteiger partial charge in [-0.15, -0.1) is 0 Å². The highest BCUT2D eigenvalue weighted by atomic mass is 35.5. The van der Waals surface area contributed by atoms with Crippen LogP contribution >= 0.6 is 45.9 Å². The van der Waals surface area contributed by atoms with Crippen LogP contribution in [0.1, 0.15) is 22.5 Å². The molecule has 0 aliphatic carbocycles. The number of hydrogen-bond donors (Lipinski definition) is 5. The van der Waals surface area contributed by atoms with E-state index in [0.29, 0.717) is 69.3 Å². The minimum absolute atomic E-state index is 0.0512. The Labute approximate surface area is 402 Å². The zero-order valence-electron chi connectivity index (χ0n) is 36.0. The number of urea groups is 2. The lowest BCUT2D eigenvalue weighted by atomic mass is 10.1. The van der Waals surface area contributed by atoms with Crippen molar-refractivity contribution in [3.05, 3.63) is 106 Å². The van der Waals surface area contributed by atoms with Crippen LogP contribution in [-0.2, 0) is 14.3 Å². The molecule has 2 aliphatic rings. The highest BCUT2D eigenvalue weighted by Crippen LogP contribution is 2.42. The van der Waals surface area contributed by atoms with E-state index in [0.717, 1.165) is 43.4 Å². The molecule has 342 valence electrons. The monoisotopic (exact) mass is 978 g/mol. The van der Waals surface area contributed by atoms with E-state index in [1.165, 1.54) is 34.7 Å². The second-order valence-corrected chi connectivity index (χ2v) is 17.8. The van der Waals surface area contributed by atoms with Crippen LogP contribution in [0.2, 0.25) is 10.3 Å². The third-order valence-electron chi connectivity index (χ3n) is 10.3. The quantitative estimate of drug-likeness (QED) is 0.0743. The SMILES string of the molecule is COC(=O)[C@H]1CN(C(=O)Nc2nc(-c3cccc(C#N)c3)c(-c3cc(C)nc(Cl)c3)s2)CCN1.Cc1cc(-c2sc(NC(=O)N3CCN[C@@H](C(=O)O)C3)nc2-c2cccc(C#N)c2)cc(Cl)n1. The minimum Gasteiger partial charge on any atom is -0.480 e. The molecule has 2 fully saturated rings. The van der Waals surface area contributed by atoms with Gasteiger partial charge in [0.25, 0.3) is 0 Å². The number of aliphatic carboxylic acids is 1. The van der Waals surface area contributed by atoms with Crippen molar-refractivity contribution in [1.82, 2.24) is 40.4 Å². The van der Waals surface area contributed by atoms with E-state index in [9.17, 15) is 34.8 Å². The van der Waals surface area contributed by atoms with Crippen molar-refractivity contribution < 1.29 is 29.0 Å². The molecule has 0 unspecified atom stereocenters. The molecule has 0 radical (unpaired) electrons. The number of carboxylic acids is 1. The Morgan fingerprint density at radius 3 is 1.57 bits per heavy atom. The largest absolute Gasteiger partial charge is 0.480 e. The predicted molar refractivity (Wildman–Crippen MR) is 255 cm³/mol. The number of ether oxygens (including phenoxy) is 1. The Bertz CT molecular complexity index is 2910. The molecule has 0 saturated carbocycles. The molecule has 8 rings (SSSR count). The average molecular weight is 980 g/mol. The van der Waals surface area contributed by atoms with Crippen molar-refractivity contribution in [2.45, 2.75) is 25.9 Å². The summed E-state index contributed by atoms with van der Waals surface area (Å²) in [6, 6.07) is 23.4. The predicted octanol–water partition coefficient (Wildman–Crippen LogP) is 7.28. The van der Waals surface area contributed by atoms with Crippen LogP contribution in [0.15, 0.2) is 72.8 Å². The van der Waals surface area contributed by atoms with Gasteiger partial charge in [-0.2, -0.15) is 10.5 Å². The summed E-state index contributed by atoms with van der Waals surface area (Å²) >= 11 is 14.9. The molecule has 5 N–H and O–H groups in total. The summed E-state index contributed by atoms with van der Waals surface area (Å²) in [4.78, 5) is 71.2. The second kappa shape index (κ2) is 21.5. The first kappa shape index (κ1) is 47.9. The molecule has 18 nitrogen and oxygen atoms in total. The Kier molecular flexibility index (Phi) is 15.4. The Morgan fingerprint density at radius 2 is 1.15 bits per heavy atom. The zero-order chi connectivity index (χ0) is 47.8. The number of hydrogen-bond acceptors (Lipinski definition) is 15. The van der Waals surface area contributed by atoms with Crippen molar-refractivity contribution in [2.24, 2.45) is 0 Å². The molecule has 2 aromatic carbocycles. The number of carboxylic acid groups (broad SMARTS) is 1. The normalized spacial score (nSPS) is 15.6. The number of carbonyl (C=O) groups excluding carboxylic acids is 3. The number of halogens is 2. The number of anilines is 2. The number of piperazine rings is 2. The molecule has 2 aliphatic heterocycles. The number of nitrogens with zero attached hydrogens (tertiary/aromatic N) is 8. The van der Waals surface area contributed by atoms with Crippen LogP contribution < -0.4 is 21.3 Å². The van der Waals surface area contributed by atoms with Gasteiger partial charge in [-0.25, -0.2) is 29.5 Å². The van der Waals surface area contributed by atoms with Crippen molar-refractivity contribution in [3.63, 3.8) is 0 Å². The number of aromatic nitrogens is 4. The van der Waals surface area contributed by atoms with E-state index in [2.05, 4.69) is 53.3 Å². The number of thiazole rings is 2. The summed E-state index contributed by atoms with van der Waals surface area (Å²) in [5, 5.41) is 40.8. The number of nitrogens with one attached hydrogen (secondary N) is 4. The van der Waals surface area contributed by atoms with E-state index in [-0.39, 0.29) is 19.1 Å². The van der Waals surface area contributed by atoms with Crippen LogP contribution in [0, 0.1) is 36.5 Å². The molecule has 0 spiro atoms. The minimum atomic E-state index is -1.01. The molecule has 4 aromatic heterocycles. The topological polar surface area (TPSA) is 251 Å². The van der Waals surface area contributed by atoms with Crippen molar-refractivity contribution in [3.8, 4) is 55.5 Å². The highest BCUT2D eigenvalue weighted by Gasteiger charge is 2.31. The van der Waals surface area contributed by atoms with Gasteiger partial charge < -0.3 is 30.3 Å². The number of pyridine rings is 2. The third-order valence-corrected chi connectivity index (χ3v) is 12.7. The summed E-state index contributed by atoms with van der Waals surface area (Å²) in [5.74, 6) is -1.42. The molecule has 6 aromatic rings. The number of methoxy groups -OCH3 is 1. The maximum Gasteiger partial charge on any atom is 0.324 e. The van der Waals surface area contributed by atoms with Gasteiger partial charge in [0.1, 0.15) is 22.4 Å². The molecule has 6 heterocycles. The van der Waals surface area contributed by atoms with Crippen LogP contribution in [0.5, 0.6) is 0 Å². The lowest BCUT2D eigenvalue weighted by molar-refractivity contribution is -0.144. The summed E-state index contributed by atoms with van der Waals surface area (Å²) in [7, 11) is 1.32. The van der Waals surface area contributed by atoms with Gasteiger partial charge in [-0.3, -0.25) is 20.2 Å². The smallest absolute Gasteiger partial charge is 0.324 e. The number of nitriles is 2. The number of amides is 4. The summed E-state index contributed by atoms with van der Waals surface area (Å²) in [6.07, 6.45) is 0. The summed E-state index contributed by atoms with van der Waals surface area (Å²) in [6.45, 7) is 5.59. The Hall–Kier alpha value is -7.04. The first-order chi connectivity index (χ1) is 32.2. The maximum atomic E-state index is 13.0. The Balaban J connectivity index is 0.000000199. The maximum absolute atomic E-state index is 13.0. The fourth-order valence-corrected chi connectivity index (χ4v) is 9.63. The van der Waals surface area contributed by atoms with Gasteiger partial charge in [0.15, 0.2) is 10.3 Å². The molecule has 4 amide bonds. The van der Waals surface area contributed by atoms with Crippen LogP contribution in [0.3, 0.4) is 0 Å². The number of benzene rings is 2. The molecular formula is C45H40Cl2N12O6S2. The van der Waals surface area contributed by atoms with Gasteiger partial charge in [-0.05, 0) is 73.5 Å². The van der Waals surface area contributed by atoms with Gasteiger partial charge in [0.2, 0.25) is 0 Å². The molecule has 2 atom stereocenters. The van der Waals surface area contributed by atoms with E-state index in [4.69, 9.17) is 27.9 Å². The lowest BCUT2D eigenvalue weighted by Gasteiger charge is -2.31. The molecule has 0 bridgehead atoms. The zero-order valence-corrected chi connectivity index (χ0v) is 39.1. The molecule has 67 heavy (non-hydrogen) atoms. The van der Waals surface area contributed by atoms with Gasteiger partial charge >= 0.3 is 24.0 Å². The lowest BCUT2D eigenvalue weighted by Crippen LogP contribution is -2.56. The van der Waals surface area contributed by atoms with E-state index in [1.807, 2.05) is 38.1 Å². The Morgan fingerprint density at radius 1 is 0.701 bits per heavy atom. The summed E-state index contributed by atoms with van der Waals surface area (Å²) < 4.78 is 4.78. The average Bonchev–Trinajstić information content (AvgIpc) is 3.96. The van der Waals surface area contributed by atoms with E-state index in [1.54, 1.807) is 53.4 Å². The number of rotatable bonds is 8. The van der Waals surface area contributed by atoms with Crippen LogP contribution in [0.25, 0.3) is 43.4 Å². The van der Waals surface area contributed by atoms with Crippen LogP contribution in [0.4, 0.5) is 19.9 Å². The van der Waals surface area contributed by atoms with E-state index >= 15 is 0 Å². The number of carbonyl (C=O) groups is 4. The highest BCUT2D eigenvalue weighted by molar-refractivity contribution is 7.20. The molecule has 2 saturated heterocycles. The van der Waals surface area contributed by atoms with Crippen molar-refractivity contribution in [2.75, 3.05) is 57.0 Å². The fraction of sp³-hybridized carbons (Fsp3) is 0.244. The first-order valence-electron chi connectivity index (χ1n) is 20.4. The van der Waals surface area contributed by atoms with E-state index < -0.39 is 30.1 Å². The standard InChI is InChI=1S/C23H21ClN6O3S.C22H19ClN6O3S/c1-13-8-16(10-18(24)27-13)20-19(15-5-3-4-14(9-15)11-25)28-22(34-20)29-23(32)30-7-6-26-17(12-30)21(31)33-2;1-12-7-15(9-17(23)26-12)19-18(14-4-2-3-13(8-14)10-24)27-21(33-19)28-22(32)29-6-5-25-16(11-29)20(30)31/h3-5,8-10,17,26H,6-7,12H2,1-2H3,(H,28,29,32);2-4,7-9,16,25H,5-6,11H2,1H3,(H,30,31)(H,27,28,32)/t17-;16-/m11/s1. The first-order valence-corrected chi connectivity index (χ1v) is 22.8. The van der Waals surface area contributed by atoms with Gasteiger partial charge in [0, 0.05) is 61.8 Å². The summed E-state index contributed by atoms with van der Waals surface area (Å²) in [5.41, 5.74) is 6.73. The number of aryl methyl sites for hydroxylation is 2. The van der Waals surface area contributed by atoms with Crippen LogP contribution in [-0.4, -0.2) is 117 Å². The van der Waals surface area contributed by atoms with Crippen molar-refractivity contribution >= 4 is 80.1 Å². The van der Waals surface area contributed by atoms with Gasteiger partial charge in [-0.1, -0.05) is 70.1 Å². The van der Waals surface area contributed by atoms with Crippen molar-refractivity contribution in [1.29, 1.82) is 10.5 Å². The third kappa shape index (κ3) is 11.9.